The van der Waals surface area contributed by atoms with Crippen LogP contribution in [0.1, 0.15) is 39.6 Å². The van der Waals surface area contributed by atoms with Crippen molar-refractivity contribution in [1.82, 2.24) is 10.0 Å². The van der Waals surface area contributed by atoms with Gasteiger partial charge in [-0.3, -0.25) is 19.2 Å². The van der Waals surface area contributed by atoms with Gasteiger partial charge in [-0.2, -0.15) is 5.01 Å². The quantitative estimate of drug-likeness (QED) is 0.390. The zero-order valence-electron chi connectivity index (χ0n) is 17.8. The predicted octanol–water partition coefficient (Wildman–Crippen LogP) is 4.09. The molecule has 1 heterocycles. The van der Waals surface area contributed by atoms with E-state index in [9.17, 15) is 19.2 Å². The number of hydrazine groups is 1. The Bertz CT molecular complexity index is 1130. The first kappa shape index (κ1) is 22.0. The van der Waals surface area contributed by atoms with Crippen molar-refractivity contribution in [2.75, 3.05) is 6.54 Å². The molecule has 6 nitrogen and oxygen atoms in total. The molecule has 32 heavy (non-hydrogen) atoms. The van der Waals surface area contributed by atoms with E-state index < -0.39 is 36.1 Å². The highest BCUT2D eigenvalue weighted by atomic mass is 35.5. The number of Topliss-reactive ketones (excluding diaryl/α,β-unsaturated/α-hetero) is 1. The van der Waals surface area contributed by atoms with Crippen LogP contribution >= 0.6 is 11.6 Å². The maximum absolute atomic E-state index is 13.5. The second-order valence-corrected chi connectivity index (χ2v) is 8.68. The number of hydrogen-bond donors (Lipinski definition) is 0. The monoisotopic (exact) mass is 450 g/mol. The van der Waals surface area contributed by atoms with Crippen molar-refractivity contribution < 1.29 is 19.2 Å². The van der Waals surface area contributed by atoms with Crippen molar-refractivity contribution in [2.45, 2.75) is 20.3 Å². The molecule has 4 rings (SSSR count). The minimum absolute atomic E-state index is 0.118. The third kappa shape index (κ3) is 3.86. The normalized spacial score (nSPS) is 22.1. The number of allylic oxidation sites excluding steroid dienone is 2. The number of carbonyl (C=O) groups is 4. The largest absolute Gasteiger partial charge is 0.292 e. The summed E-state index contributed by atoms with van der Waals surface area (Å²) in [6.07, 6.45) is 4.22. The van der Waals surface area contributed by atoms with Crippen LogP contribution in [-0.2, 0) is 9.59 Å². The highest BCUT2D eigenvalue weighted by molar-refractivity contribution is 6.34. The molecule has 1 aliphatic carbocycles. The summed E-state index contributed by atoms with van der Waals surface area (Å²) in [5.41, 5.74) is 1.49. The predicted molar refractivity (Wildman–Crippen MR) is 120 cm³/mol. The fraction of sp³-hybridized carbons (Fsp3) is 0.280. The van der Waals surface area contributed by atoms with E-state index in [0.717, 1.165) is 15.6 Å². The maximum Gasteiger partial charge on any atom is 0.274 e. The van der Waals surface area contributed by atoms with Gasteiger partial charge >= 0.3 is 0 Å². The molecular formula is C25H23ClN2O4. The van der Waals surface area contributed by atoms with Crippen LogP contribution in [0.25, 0.3) is 0 Å². The topological polar surface area (TPSA) is 74.8 Å². The van der Waals surface area contributed by atoms with Crippen LogP contribution in [0, 0.1) is 24.7 Å². The highest BCUT2D eigenvalue weighted by Crippen LogP contribution is 2.39. The smallest absolute Gasteiger partial charge is 0.274 e. The van der Waals surface area contributed by atoms with E-state index >= 15 is 0 Å². The average molecular weight is 451 g/mol. The summed E-state index contributed by atoms with van der Waals surface area (Å²) in [5.74, 6) is -3.21. The molecule has 0 bridgehead atoms. The Morgan fingerprint density at radius 3 is 2.41 bits per heavy atom. The third-order valence-electron chi connectivity index (χ3n) is 6.10. The van der Waals surface area contributed by atoms with Gasteiger partial charge < -0.3 is 0 Å². The number of carbonyl (C=O) groups excluding carboxylic acids is 4. The van der Waals surface area contributed by atoms with Crippen molar-refractivity contribution in [2.24, 2.45) is 17.8 Å². The molecule has 164 valence electrons. The molecule has 3 atom stereocenters. The van der Waals surface area contributed by atoms with Gasteiger partial charge in [-0.25, -0.2) is 5.01 Å². The van der Waals surface area contributed by atoms with Crippen molar-refractivity contribution in [1.29, 1.82) is 0 Å². The van der Waals surface area contributed by atoms with E-state index in [0.29, 0.717) is 12.0 Å². The van der Waals surface area contributed by atoms with Crippen molar-refractivity contribution in [3.63, 3.8) is 0 Å². The van der Waals surface area contributed by atoms with E-state index in [-0.39, 0.29) is 22.3 Å². The van der Waals surface area contributed by atoms with Crippen LogP contribution in [0.2, 0.25) is 5.02 Å². The summed E-state index contributed by atoms with van der Waals surface area (Å²) in [7, 11) is 0. The molecule has 1 saturated heterocycles. The standard InChI is InChI=1S/C25H23ClN2O4/c1-15-10-12-17(13-11-15)21(29)14-27(23(30)18-7-3-4-9-20(18)26)28-24(31)19-8-5-6-16(2)22(19)25(28)32/h3-7,9-13,16,19,22H,8,14H2,1-2H3/t16-,19-,22-/m1/s1. The Hall–Kier alpha value is -3.25. The van der Waals surface area contributed by atoms with Crippen LogP contribution in [-0.4, -0.2) is 40.1 Å². The second-order valence-electron chi connectivity index (χ2n) is 8.28. The lowest BCUT2D eigenvalue weighted by atomic mass is 9.78. The summed E-state index contributed by atoms with van der Waals surface area (Å²) in [6, 6.07) is 13.3. The molecule has 0 aromatic heterocycles. The first-order chi connectivity index (χ1) is 15.3. The molecule has 2 aromatic rings. The minimum Gasteiger partial charge on any atom is -0.292 e. The van der Waals surface area contributed by atoms with E-state index in [2.05, 4.69) is 0 Å². The molecule has 0 radical (unpaired) electrons. The Kier molecular flexibility index (Phi) is 5.98. The maximum atomic E-state index is 13.5. The lowest BCUT2D eigenvalue weighted by Crippen LogP contribution is -2.52. The van der Waals surface area contributed by atoms with Gasteiger partial charge in [-0.15, -0.1) is 0 Å². The number of hydrogen-bond acceptors (Lipinski definition) is 4. The number of nitrogens with zero attached hydrogens (tertiary/aromatic N) is 2. The van der Waals surface area contributed by atoms with Crippen molar-refractivity contribution in [3.8, 4) is 0 Å². The summed E-state index contributed by atoms with van der Waals surface area (Å²) >= 11 is 6.23. The number of fused-ring (bicyclic) bond motifs is 1. The summed E-state index contributed by atoms with van der Waals surface area (Å²) in [5, 5.41) is 2.01. The lowest BCUT2D eigenvalue weighted by Gasteiger charge is -2.30. The number of halogens is 1. The zero-order chi connectivity index (χ0) is 23.0. The molecule has 0 N–H and O–H groups in total. The molecule has 3 amide bonds. The van der Waals surface area contributed by atoms with Gasteiger partial charge in [0.15, 0.2) is 5.78 Å². The number of aryl methyl sites for hydroxylation is 1. The van der Waals surface area contributed by atoms with Crippen LogP contribution in [0.15, 0.2) is 60.7 Å². The van der Waals surface area contributed by atoms with E-state index in [1.165, 1.54) is 6.07 Å². The number of amides is 3. The van der Waals surface area contributed by atoms with E-state index in [1.54, 1.807) is 42.5 Å². The summed E-state index contributed by atoms with van der Waals surface area (Å²) in [4.78, 5) is 53.1. The van der Waals surface area contributed by atoms with E-state index in [4.69, 9.17) is 11.6 Å². The Morgan fingerprint density at radius 2 is 1.75 bits per heavy atom. The highest BCUT2D eigenvalue weighted by Gasteiger charge is 2.53. The molecule has 2 aromatic carbocycles. The second kappa shape index (κ2) is 8.71. The van der Waals surface area contributed by atoms with Gasteiger partial charge in [0.05, 0.1) is 22.4 Å². The summed E-state index contributed by atoms with van der Waals surface area (Å²) in [6.45, 7) is 3.32. The lowest BCUT2D eigenvalue weighted by molar-refractivity contribution is -0.154. The van der Waals surface area contributed by atoms with Gasteiger partial charge in [-0.1, -0.05) is 72.6 Å². The molecular weight excluding hydrogens is 428 g/mol. The first-order valence-electron chi connectivity index (χ1n) is 10.5. The molecule has 0 saturated carbocycles. The van der Waals surface area contributed by atoms with Gasteiger partial charge in [-0.05, 0) is 31.4 Å². The Morgan fingerprint density at radius 1 is 1.06 bits per heavy atom. The molecule has 1 fully saturated rings. The molecule has 2 aliphatic rings. The third-order valence-corrected chi connectivity index (χ3v) is 6.43. The molecule has 0 unspecified atom stereocenters. The van der Waals surface area contributed by atoms with Crippen LogP contribution in [0.5, 0.6) is 0 Å². The van der Waals surface area contributed by atoms with Crippen molar-refractivity contribution in [3.05, 3.63) is 82.4 Å². The fourth-order valence-corrected chi connectivity index (χ4v) is 4.56. The molecule has 0 spiro atoms. The fourth-order valence-electron chi connectivity index (χ4n) is 4.34. The van der Waals surface area contributed by atoms with Crippen LogP contribution in [0.4, 0.5) is 0 Å². The number of rotatable bonds is 5. The number of imide groups is 1. The van der Waals surface area contributed by atoms with Crippen LogP contribution in [0.3, 0.4) is 0 Å². The average Bonchev–Trinajstić information content (AvgIpc) is 3.03. The zero-order valence-corrected chi connectivity index (χ0v) is 18.6. The van der Waals surface area contributed by atoms with Gasteiger partial charge in [0.2, 0.25) is 0 Å². The van der Waals surface area contributed by atoms with Crippen LogP contribution < -0.4 is 0 Å². The molecule has 7 heteroatoms. The Labute approximate surface area is 191 Å². The van der Waals surface area contributed by atoms with Gasteiger partial charge in [0.25, 0.3) is 17.7 Å². The minimum atomic E-state index is -0.669. The van der Waals surface area contributed by atoms with E-state index in [1.807, 2.05) is 26.0 Å². The first-order valence-corrected chi connectivity index (χ1v) is 10.9. The van der Waals surface area contributed by atoms with Crippen molar-refractivity contribution >= 4 is 35.1 Å². The number of ketones is 1. The van der Waals surface area contributed by atoms with Gasteiger partial charge in [0.1, 0.15) is 6.54 Å². The summed E-state index contributed by atoms with van der Waals surface area (Å²) < 4.78 is 0. The van der Waals surface area contributed by atoms with Gasteiger partial charge in [0, 0.05) is 5.56 Å². The number of benzene rings is 2. The molecule has 1 aliphatic heterocycles. The SMILES string of the molecule is Cc1ccc(C(=O)CN(C(=O)c2ccccc2Cl)N2C(=O)[C@@H]3[C@H](C)C=CC[C@H]3C2=O)cc1. The Balaban J connectivity index is 1.72.